The van der Waals surface area contributed by atoms with E-state index in [-0.39, 0.29) is 0 Å². The van der Waals surface area contributed by atoms with Gasteiger partial charge in [-0.05, 0) is 25.7 Å². The number of aliphatic carboxylic acids is 1. The highest BCUT2D eigenvalue weighted by Gasteiger charge is 2.34. The van der Waals surface area contributed by atoms with Gasteiger partial charge in [-0.25, -0.2) is 0 Å². The summed E-state index contributed by atoms with van der Waals surface area (Å²) in [5, 5.41) is 31.2. The lowest BCUT2D eigenvalue weighted by molar-refractivity contribution is -0.657. The van der Waals surface area contributed by atoms with Gasteiger partial charge in [0.2, 0.25) is 11.8 Å². The Morgan fingerprint density at radius 2 is 1.13 bits per heavy atom. The van der Waals surface area contributed by atoms with Gasteiger partial charge in [0.1, 0.15) is 5.60 Å². The van der Waals surface area contributed by atoms with Crippen LogP contribution < -0.4 is 37.8 Å². The molecule has 31 heavy (non-hydrogen) atoms. The number of hydrogen-bond acceptors (Lipinski definition) is 5. The van der Waals surface area contributed by atoms with Crippen LogP contribution in [0.25, 0.3) is 0 Å². The van der Waals surface area contributed by atoms with Crippen molar-refractivity contribution in [2.75, 3.05) is 52.4 Å². The molecular weight excluding hydrogens is 404 g/mol. The van der Waals surface area contributed by atoms with Crippen LogP contribution in [0.15, 0.2) is 0 Å². The lowest BCUT2D eigenvalue weighted by atomic mass is 9.94. The number of unbranched alkanes of at least 4 members (excludes halogenated alkanes) is 2. The zero-order valence-electron chi connectivity index (χ0n) is 19.0. The number of carboxylic acid groups (broad SMARTS) is 1. The van der Waals surface area contributed by atoms with Crippen molar-refractivity contribution in [2.45, 2.75) is 57.0 Å². The Bertz CT molecular complexity index is 472. The lowest BCUT2D eigenvalue weighted by Crippen LogP contribution is -2.84. The second-order valence-electron chi connectivity index (χ2n) is 7.93. The van der Waals surface area contributed by atoms with Crippen LogP contribution >= 0.6 is 0 Å². The summed E-state index contributed by atoms with van der Waals surface area (Å²) in [6.45, 7) is 6.59. The minimum Gasteiger partial charge on any atom is -0.547 e. The number of carbonyl (C=O) groups excluding carboxylic acids is 3. The van der Waals surface area contributed by atoms with E-state index < -0.39 is 36.2 Å². The molecule has 0 fully saturated rings. The SMILES string of the molecule is [NH3+]CCC[NH2+]CCCCNC(=O)CC(O)(CC(=O)NCCCC[NH2+]CCC[NH3+])C(=O)[O-]. The molecule has 0 aromatic heterocycles. The van der Waals surface area contributed by atoms with E-state index in [1.807, 2.05) is 0 Å². The van der Waals surface area contributed by atoms with Crippen molar-refractivity contribution in [1.82, 2.24) is 10.6 Å². The molecule has 182 valence electrons. The van der Waals surface area contributed by atoms with Gasteiger partial charge in [-0.3, -0.25) is 9.59 Å². The Morgan fingerprint density at radius 1 is 0.742 bits per heavy atom. The first kappa shape index (κ1) is 29.2. The van der Waals surface area contributed by atoms with Crippen LogP contribution in [0.2, 0.25) is 0 Å². The fourth-order valence-electron chi connectivity index (χ4n) is 3.01. The van der Waals surface area contributed by atoms with Gasteiger partial charge in [0, 0.05) is 25.9 Å². The number of nitrogens with one attached hydrogen (secondary N) is 2. The summed E-state index contributed by atoms with van der Waals surface area (Å²) in [4.78, 5) is 35.4. The van der Waals surface area contributed by atoms with E-state index in [4.69, 9.17) is 0 Å². The Labute approximate surface area is 185 Å². The van der Waals surface area contributed by atoms with Gasteiger partial charge >= 0.3 is 0 Å². The number of nitrogens with two attached hydrogens (primary N) is 2. The summed E-state index contributed by atoms with van der Waals surface area (Å²) in [6.07, 6.45) is 4.06. The summed E-state index contributed by atoms with van der Waals surface area (Å²) >= 11 is 0. The quantitative estimate of drug-likeness (QED) is 0.0850. The van der Waals surface area contributed by atoms with Crippen LogP contribution in [-0.2, 0) is 14.4 Å². The number of carboxylic acids is 1. The largest absolute Gasteiger partial charge is 0.547 e. The highest BCUT2D eigenvalue weighted by molar-refractivity contribution is 5.90. The van der Waals surface area contributed by atoms with Crippen LogP contribution in [0.4, 0.5) is 0 Å². The Kier molecular flexibility index (Phi) is 17.8. The molecule has 0 spiro atoms. The van der Waals surface area contributed by atoms with Crippen LogP contribution in [0.1, 0.15) is 51.4 Å². The maximum atomic E-state index is 12.0. The van der Waals surface area contributed by atoms with Crippen LogP contribution in [0, 0.1) is 0 Å². The topological polar surface area (TPSA) is 207 Å². The molecule has 0 saturated heterocycles. The molecule has 2 amide bonds. The van der Waals surface area contributed by atoms with Crippen molar-refractivity contribution < 1.29 is 46.7 Å². The first-order valence-electron chi connectivity index (χ1n) is 11.5. The third kappa shape index (κ3) is 16.6. The van der Waals surface area contributed by atoms with Crippen LogP contribution in [-0.4, -0.2) is 80.8 Å². The number of aliphatic hydroxyl groups is 1. The van der Waals surface area contributed by atoms with Crippen molar-refractivity contribution in [3.63, 3.8) is 0 Å². The Hall–Kier alpha value is -1.79. The Morgan fingerprint density at radius 3 is 1.48 bits per heavy atom. The van der Waals surface area contributed by atoms with E-state index in [1.165, 1.54) is 0 Å². The van der Waals surface area contributed by atoms with Gasteiger partial charge in [-0.2, -0.15) is 0 Å². The van der Waals surface area contributed by atoms with E-state index in [0.717, 1.165) is 77.8 Å². The zero-order chi connectivity index (χ0) is 23.4. The van der Waals surface area contributed by atoms with Gasteiger partial charge in [-0.1, -0.05) is 0 Å². The van der Waals surface area contributed by atoms with E-state index >= 15 is 0 Å². The van der Waals surface area contributed by atoms with E-state index in [0.29, 0.717) is 13.1 Å². The molecule has 0 aromatic carbocycles. The molecule has 0 aliphatic rings. The van der Waals surface area contributed by atoms with E-state index in [2.05, 4.69) is 32.7 Å². The molecule has 0 saturated carbocycles. The summed E-state index contributed by atoms with van der Waals surface area (Å²) in [7, 11) is 0. The smallest absolute Gasteiger partial charge is 0.223 e. The lowest BCUT2D eigenvalue weighted by Gasteiger charge is -2.28. The fourth-order valence-corrected chi connectivity index (χ4v) is 3.01. The van der Waals surface area contributed by atoms with E-state index in [9.17, 15) is 24.6 Å². The monoisotopic (exact) mass is 449 g/mol. The minimum atomic E-state index is -2.52. The van der Waals surface area contributed by atoms with Crippen molar-refractivity contribution in [3.8, 4) is 0 Å². The number of amides is 2. The minimum absolute atomic E-state index is 0.392. The molecule has 0 aliphatic heterocycles. The Balaban J connectivity index is 4.06. The van der Waals surface area contributed by atoms with Gasteiger partial charge in [-0.15, -0.1) is 0 Å². The van der Waals surface area contributed by atoms with Gasteiger partial charge in [0.25, 0.3) is 0 Å². The summed E-state index contributed by atoms with van der Waals surface area (Å²) in [6, 6.07) is 0. The maximum absolute atomic E-state index is 12.0. The van der Waals surface area contributed by atoms with Gasteiger partial charge in [0.15, 0.2) is 0 Å². The van der Waals surface area contributed by atoms with Gasteiger partial charge < -0.3 is 47.7 Å². The third-order valence-electron chi connectivity index (χ3n) is 4.92. The normalized spacial score (nSPS) is 11.3. The first-order valence-corrected chi connectivity index (χ1v) is 11.5. The molecule has 0 aliphatic carbocycles. The molecule has 0 atom stereocenters. The maximum Gasteiger partial charge on any atom is 0.223 e. The molecule has 0 unspecified atom stereocenters. The molecule has 13 N–H and O–H groups in total. The number of carbonyl (C=O) groups is 3. The van der Waals surface area contributed by atoms with Crippen molar-refractivity contribution in [2.24, 2.45) is 0 Å². The van der Waals surface area contributed by atoms with E-state index in [1.54, 1.807) is 0 Å². The van der Waals surface area contributed by atoms with Crippen LogP contribution in [0.3, 0.4) is 0 Å². The molecule has 0 heterocycles. The van der Waals surface area contributed by atoms with Crippen LogP contribution in [0.5, 0.6) is 0 Å². The standard InChI is InChI=1S/C20H42N6O5/c21-7-5-11-23-9-1-3-13-25-17(27)15-20(31,19(29)30)16-18(28)26-14-4-2-10-24-12-6-8-22/h23-24,31H,1-16,21-22H2,(H,25,27)(H,26,28)(H,29,30)/p+3. The molecule has 0 bridgehead atoms. The number of hydrogen-bond donors (Lipinski definition) is 7. The molecule has 0 rings (SSSR count). The zero-order valence-corrected chi connectivity index (χ0v) is 19.0. The molecular formula is C20H45N6O5+3. The highest BCUT2D eigenvalue weighted by atomic mass is 16.4. The predicted molar refractivity (Wildman–Crippen MR) is 112 cm³/mol. The molecule has 0 aromatic rings. The molecule has 11 nitrogen and oxygen atoms in total. The average molecular weight is 450 g/mol. The second kappa shape index (κ2) is 18.9. The predicted octanol–water partition coefficient (Wildman–Crippen LogP) is -6.57. The summed E-state index contributed by atoms with van der Waals surface area (Å²) in [5.41, 5.74) is 5.05. The van der Waals surface area contributed by atoms with Gasteiger partial charge in [0.05, 0.1) is 58.1 Å². The first-order chi connectivity index (χ1) is 14.9. The second-order valence-corrected chi connectivity index (χ2v) is 7.93. The fraction of sp³-hybridized carbons (Fsp3) is 0.850. The van der Waals surface area contributed by atoms with Crippen molar-refractivity contribution >= 4 is 17.8 Å². The van der Waals surface area contributed by atoms with Crippen molar-refractivity contribution in [3.05, 3.63) is 0 Å². The molecule has 0 radical (unpaired) electrons. The third-order valence-corrected chi connectivity index (χ3v) is 4.92. The molecule has 11 heteroatoms. The number of rotatable bonds is 21. The van der Waals surface area contributed by atoms with Crippen molar-refractivity contribution in [1.29, 1.82) is 0 Å². The summed E-state index contributed by atoms with van der Waals surface area (Å²) < 4.78 is 0. The summed E-state index contributed by atoms with van der Waals surface area (Å²) in [5.74, 6) is -3.05. The number of quaternary nitrogens is 4. The average Bonchev–Trinajstić information content (AvgIpc) is 2.71. The highest BCUT2D eigenvalue weighted by Crippen LogP contribution is 2.15.